The molecule has 2 rings (SSSR count). The Balaban J connectivity index is 2.15. The summed E-state index contributed by atoms with van der Waals surface area (Å²) in [6.07, 6.45) is 1.70. The average Bonchev–Trinajstić information content (AvgIpc) is 2.47. The summed E-state index contributed by atoms with van der Waals surface area (Å²) in [6, 6.07) is 4.07. The minimum Gasteiger partial charge on any atom is -0.393 e. The van der Waals surface area contributed by atoms with E-state index in [0.717, 1.165) is 0 Å². The quantitative estimate of drug-likeness (QED) is 0.499. The molecule has 0 spiro atoms. The van der Waals surface area contributed by atoms with Crippen molar-refractivity contribution in [1.29, 1.82) is 0 Å². The van der Waals surface area contributed by atoms with Crippen molar-refractivity contribution in [3.63, 3.8) is 0 Å². The van der Waals surface area contributed by atoms with Crippen LogP contribution < -0.4 is 5.73 Å². The number of piperidine rings is 1. The van der Waals surface area contributed by atoms with E-state index in [9.17, 15) is 20.0 Å². The van der Waals surface area contributed by atoms with Crippen LogP contribution in [-0.4, -0.2) is 39.5 Å². The van der Waals surface area contributed by atoms with Crippen molar-refractivity contribution in [3.8, 4) is 0 Å². The second-order valence-corrected chi connectivity index (χ2v) is 5.40. The van der Waals surface area contributed by atoms with Gasteiger partial charge in [0.05, 0.1) is 10.5 Å². The third-order valence-electron chi connectivity index (χ3n) is 4.11. The summed E-state index contributed by atoms with van der Waals surface area (Å²) < 4.78 is 0. The minimum atomic E-state index is -0.704. The number of nitro benzene ring substituents is 1. The monoisotopic (exact) mass is 293 g/mol. The molecule has 1 aromatic carbocycles. The van der Waals surface area contributed by atoms with Gasteiger partial charge in [0.1, 0.15) is 5.69 Å². The van der Waals surface area contributed by atoms with Gasteiger partial charge in [0.2, 0.25) is 0 Å². The van der Waals surface area contributed by atoms with Crippen LogP contribution in [0.1, 0.15) is 36.5 Å². The maximum absolute atomic E-state index is 12.4. The van der Waals surface area contributed by atoms with E-state index in [0.29, 0.717) is 32.4 Å². The van der Waals surface area contributed by atoms with E-state index < -0.39 is 10.5 Å². The Labute approximate surface area is 122 Å². The molecule has 7 nitrogen and oxygen atoms in total. The normalized spacial score (nSPS) is 17.5. The number of benzene rings is 1. The molecule has 7 heteroatoms. The van der Waals surface area contributed by atoms with Crippen LogP contribution in [0, 0.1) is 10.1 Å². The zero-order chi connectivity index (χ0) is 15.6. The van der Waals surface area contributed by atoms with Crippen LogP contribution in [-0.2, 0) is 0 Å². The Bertz CT molecular complexity index is 565. The number of nitro groups is 1. The number of rotatable bonds is 3. The van der Waals surface area contributed by atoms with Gasteiger partial charge in [-0.1, -0.05) is 6.92 Å². The van der Waals surface area contributed by atoms with Crippen molar-refractivity contribution in [2.24, 2.45) is 0 Å². The molecule has 1 aliphatic heterocycles. The van der Waals surface area contributed by atoms with Crippen LogP contribution in [0.4, 0.5) is 11.4 Å². The number of nitrogens with zero attached hydrogens (tertiary/aromatic N) is 2. The predicted molar refractivity (Wildman–Crippen MR) is 77.9 cm³/mol. The molecular weight excluding hydrogens is 274 g/mol. The molecule has 0 saturated carbocycles. The number of hydrogen-bond donors (Lipinski definition) is 2. The highest BCUT2D eigenvalue weighted by molar-refractivity contribution is 5.95. The summed E-state index contributed by atoms with van der Waals surface area (Å²) in [5.41, 5.74) is 4.84. The SMILES string of the molecule is CCC1(O)CCN(C(=O)c2ccc(N)c([N+](=O)[O-])c2)CC1. The van der Waals surface area contributed by atoms with Gasteiger partial charge in [-0.05, 0) is 31.4 Å². The lowest BCUT2D eigenvalue weighted by molar-refractivity contribution is -0.383. The number of hydrogen-bond acceptors (Lipinski definition) is 5. The van der Waals surface area contributed by atoms with Gasteiger partial charge >= 0.3 is 0 Å². The fraction of sp³-hybridized carbons (Fsp3) is 0.500. The maximum atomic E-state index is 12.4. The Morgan fingerprint density at radius 2 is 2.10 bits per heavy atom. The molecular formula is C14H19N3O4. The standard InChI is InChI=1S/C14H19N3O4/c1-2-14(19)5-7-16(8-6-14)13(18)10-3-4-11(15)12(9-10)17(20)21/h3-4,9,19H,2,5-8,15H2,1H3. The number of carbonyl (C=O) groups excluding carboxylic acids is 1. The van der Waals surface area contributed by atoms with Gasteiger partial charge in [0, 0.05) is 24.7 Å². The molecule has 1 aromatic rings. The molecule has 1 fully saturated rings. The largest absolute Gasteiger partial charge is 0.393 e. The van der Waals surface area contributed by atoms with E-state index in [1.165, 1.54) is 18.2 Å². The lowest BCUT2D eigenvalue weighted by Crippen LogP contribution is -2.46. The summed E-state index contributed by atoms with van der Waals surface area (Å²) in [4.78, 5) is 24.2. The summed E-state index contributed by atoms with van der Waals surface area (Å²) in [5.74, 6) is -0.267. The van der Waals surface area contributed by atoms with Gasteiger partial charge in [-0.3, -0.25) is 14.9 Å². The molecule has 3 N–H and O–H groups in total. The number of nitrogens with two attached hydrogens (primary N) is 1. The number of likely N-dealkylation sites (tertiary alicyclic amines) is 1. The van der Waals surface area contributed by atoms with Crippen molar-refractivity contribution in [2.75, 3.05) is 18.8 Å². The number of anilines is 1. The first-order valence-electron chi connectivity index (χ1n) is 6.92. The van der Waals surface area contributed by atoms with E-state index in [1.54, 1.807) is 4.90 Å². The number of aliphatic hydroxyl groups is 1. The van der Waals surface area contributed by atoms with Gasteiger partial charge < -0.3 is 15.7 Å². The smallest absolute Gasteiger partial charge is 0.292 e. The van der Waals surface area contributed by atoms with Crippen molar-refractivity contribution in [1.82, 2.24) is 4.90 Å². The van der Waals surface area contributed by atoms with Crippen LogP contribution in [0.15, 0.2) is 18.2 Å². The van der Waals surface area contributed by atoms with Crippen molar-refractivity contribution in [2.45, 2.75) is 31.8 Å². The summed E-state index contributed by atoms with van der Waals surface area (Å²) in [6.45, 7) is 2.81. The predicted octanol–water partition coefficient (Wildman–Crippen LogP) is 1.55. The Hall–Kier alpha value is -2.15. The lowest BCUT2D eigenvalue weighted by atomic mass is 9.89. The molecule has 0 bridgehead atoms. The highest BCUT2D eigenvalue weighted by Crippen LogP contribution is 2.27. The number of carbonyl (C=O) groups is 1. The van der Waals surface area contributed by atoms with Crippen molar-refractivity contribution in [3.05, 3.63) is 33.9 Å². The zero-order valence-corrected chi connectivity index (χ0v) is 11.9. The summed E-state index contributed by atoms with van der Waals surface area (Å²) in [7, 11) is 0. The first kappa shape index (κ1) is 15.2. The molecule has 114 valence electrons. The summed E-state index contributed by atoms with van der Waals surface area (Å²) >= 11 is 0. The zero-order valence-electron chi connectivity index (χ0n) is 11.9. The molecule has 1 aliphatic rings. The molecule has 21 heavy (non-hydrogen) atoms. The topological polar surface area (TPSA) is 110 Å². The fourth-order valence-electron chi connectivity index (χ4n) is 2.50. The Morgan fingerprint density at radius 3 is 2.62 bits per heavy atom. The van der Waals surface area contributed by atoms with E-state index in [2.05, 4.69) is 0 Å². The second kappa shape index (κ2) is 5.69. The van der Waals surface area contributed by atoms with Crippen LogP contribution in [0.3, 0.4) is 0 Å². The molecule has 0 radical (unpaired) electrons. The van der Waals surface area contributed by atoms with Gasteiger partial charge in [0.15, 0.2) is 0 Å². The second-order valence-electron chi connectivity index (χ2n) is 5.40. The van der Waals surface area contributed by atoms with Gasteiger partial charge in [-0.15, -0.1) is 0 Å². The molecule has 0 unspecified atom stereocenters. The molecule has 0 atom stereocenters. The number of nitrogen functional groups attached to an aromatic ring is 1. The van der Waals surface area contributed by atoms with Crippen molar-refractivity contribution < 1.29 is 14.8 Å². The van der Waals surface area contributed by atoms with Crippen LogP contribution >= 0.6 is 0 Å². The van der Waals surface area contributed by atoms with E-state index in [1.807, 2.05) is 6.92 Å². The third-order valence-corrected chi connectivity index (χ3v) is 4.11. The number of amides is 1. The van der Waals surface area contributed by atoms with E-state index >= 15 is 0 Å². The molecule has 0 aliphatic carbocycles. The van der Waals surface area contributed by atoms with Crippen LogP contribution in [0.2, 0.25) is 0 Å². The van der Waals surface area contributed by atoms with Crippen molar-refractivity contribution >= 4 is 17.3 Å². The maximum Gasteiger partial charge on any atom is 0.292 e. The molecule has 0 aromatic heterocycles. The van der Waals surface area contributed by atoms with Crippen LogP contribution in [0.5, 0.6) is 0 Å². The highest BCUT2D eigenvalue weighted by Gasteiger charge is 2.32. The van der Waals surface area contributed by atoms with Crippen LogP contribution in [0.25, 0.3) is 0 Å². The van der Waals surface area contributed by atoms with E-state index in [4.69, 9.17) is 5.73 Å². The van der Waals surface area contributed by atoms with Gasteiger partial charge in [0.25, 0.3) is 11.6 Å². The average molecular weight is 293 g/mol. The lowest BCUT2D eigenvalue weighted by Gasteiger charge is -2.37. The van der Waals surface area contributed by atoms with Gasteiger partial charge in [-0.25, -0.2) is 0 Å². The third kappa shape index (κ3) is 3.13. The Kier molecular flexibility index (Phi) is 4.13. The minimum absolute atomic E-state index is 0.0375. The first-order valence-corrected chi connectivity index (χ1v) is 6.92. The first-order chi connectivity index (χ1) is 9.86. The molecule has 1 saturated heterocycles. The fourth-order valence-corrected chi connectivity index (χ4v) is 2.50. The highest BCUT2D eigenvalue weighted by atomic mass is 16.6. The van der Waals surface area contributed by atoms with E-state index in [-0.39, 0.29) is 22.8 Å². The molecule has 1 amide bonds. The Morgan fingerprint density at radius 1 is 1.48 bits per heavy atom. The summed E-state index contributed by atoms with van der Waals surface area (Å²) in [5, 5.41) is 21.0. The molecule has 1 heterocycles. The van der Waals surface area contributed by atoms with Gasteiger partial charge in [-0.2, -0.15) is 0 Å².